The zero-order valence-corrected chi connectivity index (χ0v) is 20.0. The van der Waals surface area contributed by atoms with Crippen LogP contribution < -0.4 is 5.32 Å². The lowest BCUT2D eigenvalue weighted by molar-refractivity contribution is -0.139. The summed E-state index contributed by atoms with van der Waals surface area (Å²) in [5, 5.41) is 3.59. The van der Waals surface area contributed by atoms with Gasteiger partial charge in [-0.15, -0.1) is 0 Å². The van der Waals surface area contributed by atoms with E-state index in [1.54, 1.807) is 32.2 Å². The number of hydrogen-bond acceptors (Lipinski definition) is 5. The Hall–Kier alpha value is -2.29. The van der Waals surface area contributed by atoms with Gasteiger partial charge in [-0.25, -0.2) is 9.59 Å². The van der Waals surface area contributed by atoms with E-state index >= 15 is 0 Å². The molecule has 1 saturated heterocycles. The zero-order valence-electron chi connectivity index (χ0n) is 18.5. The van der Waals surface area contributed by atoms with E-state index in [0.29, 0.717) is 66.0 Å². The largest absolute Gasteiger partial charge is 0.463 e. The molecule has 1 N–H and O–H groups in total. The molecule has 0 aromatic heterocycles. The highest BCUT2D eigenvalue weighted by Gasteiger charge is 2.38. The highest BCUT2D eigenvalue weighted by Crippen LogP contribution is 2.34. The summed E-state index contributed by atoms with van der Waals surface area (Å²) >= 11 is 12.3. The van der Waals surface area contributed by atoms with Crippen LogP contribution in [-0.4, -0.2) is 79.0 Å². The molecule has 2 aliphatic rings. The number of hydrogen-bond donors (Lipinski definition) is 1. The lowest BCUT2D eigenvalue weighted by Crippen LogP contribution is -2.53. The Kier molecular flexibility index (Phi) is 8.03. The van der Waals surface area contributed by atoms with Crippen molar-refractivity contribution in [2.24, 2.45) is 0 Å². The van der Waals surface area contributed by atoms with Gasteiger partial charge in [0.1, 0.15) is 0 Å². The maximum Gasteiger partial charge on any atom is 0.338 e. The zero-order chi connectivity index (χ0) is 23.4. The van der Waals surface area contributed by atoms with Crippen molar-refractivity contribution in [3.63, 3.8) is 0 Å². The van der Waals surface area contributed by atoms with E-state index in [0.717, 1.165) is 0 Å². The van der Waals surface area contributed by atoms with Crippen molar-refractivity contribution in [3.05, 3.63) is 45.1 Å². The van der Waals surface area contributed by atoms with Crippen molar-refractivity contribution in [1.29, 1.82) is 0 Å². The molecular weight excluding hydrogens is 455 g/mol. The molecule has 174 valence electrons. The first kappa shape index (κ1) is 24.4. The molecule has 2 heterocycles. The minimum atomic E-state index is -0.717. The van der Waals surface area contributed by atoms with Crippen molar-refractivity contribution in [1.82, 2.24) is 20.0 Å². The normalized spacial score (nSPS) is 19.8. The van der Waals surface area contributed by atoms with Gasteiger partial charge in [0.2, 0.25) is 5.91 Å². The van der Waals surface area contributed by atoms with Crippen LogP contribution in [0.5, 0.6) is 0 Å². The second kappa shape index (κ2) is 10.6. The van der Waals surface area contributed by atoms with Gasteiger partial charge in [0.15, 0.2) is 0 Å². The molecule has 1 aromatic carbocycles. The van der Waals surface area contributed by atoms with Crippen molar-refractivity contribution in [3.8, 4) is 0 Å². The third-order valence-corrected chi connectivity index (χ3v) is 6.49. The van der Waals surface area contributed by atoms with Crippen LogP contribution >= 0.6 is 23.2 Å². The van der Waals surface area contributed by atoms with E-state index in [4.69, 9.17) is 27.9 Å². The van der Waals surface area contributed by atoms with Gasteiger partial charge in [-0.3, -0.25) is 14.6 Å². The molecule has 1 unspecified atom stereocenters. The van der Waals surface area contributed by atoms with E-state index in [9.17, 15) is 14.4 Å². The Labute approximate surface area is 198 Å². The van der Waals surface area contributed by atoms with Gasteiger partial charge in [-0.05, 0) is 24.6 Å². The summed E-state index contributed by atoms with van der Waals surface area (Å²) in [7, 11) is 1.63. The Balaban J connectivity index is 1.95. The number of piperazine rings is 1. The van der Waals surface area contributed by atoms with Crippen molar-refractivity contribution in [2.75, 3.05) is 46.4 Å². The minimum absolute atomic E-state index is 0.130. The number of benzene rings is 1. The topological polar surface area (TPSA) is 82.2 Å². The monoisotopic (exact) mass is 482 g/mol. The quantitative estimate of drug-likeness (QED) is 0.630. The number of likely N-dealkylation sites (N-methyl/N-ethyl adjacent to an activating group) is 1. The van der Waals surface area contributed by atoms with Gasteiger partial charge in [0, 0.05) is 51.9 Å². The second-order valence-corrected chi connectivity index (χ2v) is 8.52. The number of halogens is 2. The van der Waals surface area contributed by atoms with Crippen LogP contribution in [0.1, 0.15) is 31.9 Å². The lowest BCUT2D eigenvalue weighted by Gasteiger charge is -2.39. The van der Waals surface area contributed by atoms with Crippen molar-refractivity contribution >= 4 is 41.1 Å². The molecule has 0 spiro atoms. The van der Waals surface area contributed by atoms with Gasteiger partial charge >= 0.3 is 12.0 Å². The third-order valence-electron chi connectivity index (χ3n) is 5.75. The molecule has 0 bridgehead atoms. The van der Waals surface area contributed by atoms with Crippen LogP contribution in [0.15, 0.2) is 29.5 Å². The Bertz CT molecular complexity index is 929. The lowest BCUT2D eigenvalue weighted by atomic mass is 9.94. The van der Waals surface area contributed by atoms with Crippen molar-refractivity contribution in [2.45, 2.75) is 26.3 Å². The molecule has 0 aliphatic carbocycles. The summed E-state index contributed by atoms with van der Waals surface area (Å²) in [4.78, 5) is 43.2. The predicted octanol–water partition coefficient (Wildman–Crippen LogP) is 3.06. The molecule has 3 rings (SSSR count). The third kappa shape index (κ3) is 5.19. The molecule has 1 atom stereocenters. The number of urea groups is 1. The first-order valence-electron chi connectivity index (χ1n) is 10.7. The van der Waals surface area contributed by atoms with Crippen LogP contribution in [0.2, 0.25) is 10.0 Å². The maximum absolute atomic E-state index is 13.0. The molecule has 10 heteroatoms. The summed E-state index contributed by atoms with van der Waals surface area (Å²) in [5.74, 6) is -0.366. The first-order valence-corrected chi connectivity index (χ1v) is 11.4. The Morgan fingerprint density at radius 2 is 1.81 bits per heavy atom. The Morgan fingerprint density at radius 3 is 2.41 bits per heavy atom. The van der Waals surface area contributed by atoms with Crippen LogP contribution in [0.25, 0.3) is 0 Å². The number of esters is 1. The molecular formula is C22H28Cl2N4O4. The summed E-state index contributed by atoms with van der Waals surface area (Å²) in [6.45, 7) is 6.70. The number of rotatable bonds is 6. The fraction of sp³-hybridized carbons (Fsp3) is 0.500. The summed E-state index contributed by atoms with van der Waals surface area (Å²) in [6, 6.07) is 3.97. The van der Waals surface area contributed by atoms with Gasteiger partial charge in [-0.1, -0.05) is 36.2 Å². The number of carbonyl (C=O) groups is 3. The number of amides is 3. The number of carbonyl (C=O) groups excluding carboxylic acids is 3. The molecule has 3 amide bonds. The molecule has 8 nitrogen and oxygen atoms in total. The van der Waals surface area contributed by atoms with E-state index in [1.807, 2.05) is 11.8 Å². The molecule has 0 saturated carbocycles. The maximum atomic E-state index is 13.0. The fourth-order valence-corrected chi connectivity index (χ4v) is 4.24. The highest BCUT2D eigenvalue weighted by atomic mass is 35.5. The van der Waals surface area contributed by atoms with E-state index in [2.05, 4.69) is 10.2 Å². The van der Waals surface area contributed by atoms with Crippen molar-refractivity contribution < 1.29 is 19.1 Å². The fourth-order valence-electron chi connectivity index (χ4n) is 3.93. The molecule has 32 heavy (non-hydrogen) atoms. The highest BCUT2D eigenvalue weighted by molar-refractivity contribution is 6.42. The van der Waals surface area contributed by atoms with Crippen LogP contribution in [0.3, 0.4) is 0 Å². The van der Waals surface area contributed by atoms with Gasteiger partial charge in [0.05, 0.1) is 28.3 Å². The summed E-state index contributed by atoms with van der Waals surface area (Å²) in [5.41, 5.74) is 1.57. The number of ether oxygens (including phenoxy) is 1. The smallest absolute Gasteiger partial charge is 0.338 e. The summed E-state index contributed by atoms with van der Waals surface area (Å²) < 4.78 is 5.35. The SMILES string of the molecule is CCOC(=O)C1=C(CN2CCN(C(=O)CC)CC2)N(C)C(=O)NC1c1ccc(Cl)c(Cl)c1. The van der Waals surface area contributed by atoms with Crippen LogP contribution in [0.4, 0.5) is 4.79 Å². The minimum Gasteiger partial charge on any atom is -0.463 e. The first-order chi connectivity index (χ1) is 15.3. The Morgan fingerprint density at radius 1 is 1.12 bits per heavy atom. The standard InChI is InChI=1S/C22H28Cl2N4O4/c1-4-18(29)28-10-8-27(9-11-28)13-17-19(21(30)32-5-2)20(25-22(31)26(17)3)14-6-7-15(23)16(24)12-14/h6-7,12,20H,4-5,8-11,13H2,1-3H3,(H,25,31). The molecule has 1 fully saturated rings. The van der Waals surface area contributed by atoms with Crippen LogP contribution in [0, 0.1) is 0 Å². The van der Waals surface area contributed by atoms with Gasteiger partial charge in [-0.2, -0.15) is 0 Å². The molecule has 0 radical (unpaired) electrons. The number of nitrogens with zero attached hydrogens (tertiary/aromatic N) is 3. The predicted molar refractivity (Wildman–Crippen MR) is 122 cm³/mol. The second-order valence-electron chi connectivity index (χ2n) is 7.71. The average molecular weight is 483 g/mol. The van der Waals surface area contributed by atoms with Crippen LogP contribution in [-0.2, 0) is 14.3 Å². The van der Waals surface area contributed by atoms with Gasteiger partial charge < -0.3 is 15.0 Å². The molecule has 1 aromatic rings. The summed E-state index contributed by atoms with van der Waals surface area (Å²) in [6.07, 6.45) is 0.479. The van der Waals surface area contributed by atoms with E-state index in [1.165, 1.54) is 4.90 Å². The average Bonchev–Trinajstić information content (AvgIpc) is 2.78. The van der Waals surface area contributed by atoms with E-state index in [-0.39, 0.29) is 18.5 Å². The van der Waals surface area contributed by atoms with E-state index < -0.39 is 12.0 Å². The number of nitrogens with one attached hydrogen (secondary N) is 1. The molecule has 2 aliphatic heterocycles. The van der Waals surface area contributed by atoms with Gasteiger partial charge in [0.25, 0.3) is 0 Å².